The van der Waals surface area contributed by atoms with E-state index in [-0.39, 0.29) is 35.1 Å². The minimum Gasteiger partial charge on any atom is -0.507 e. The number of esters is 1. The Morgan fingerprint density at radius 1 is 1.21 bits per heavy atom. The van der Waals surface area contributed by atoms with Crippen LogP contribution < -0.4 is 5.73 Å². The van der Waals surface area contributed by atoms with Crippen molar-refractivity contribution < 1.29 is 44.3 Å². The number of hydrogen-bond donors (Lipinski definition) is 5. The van der Waals surface area contributed by atoms with Crippen molar-refractivity contribution in [1.82, 2.24) is 4.90 Å². The SMILES string of the molecule is COC(=O)c1ccc(O)c2c1C[C@@H]1C[C@@H]3[C@@H](N(C)C)C(O)C(C(N)=O)C(=O)[C@]3(O)C(=O)C1=C2O. The number of carbonyl (C=O) groups excluding carboxylic acids is 4. The molecule has 0 aliphatic heterocycles. The molecule has 2 unspecified atom stereocenters. The number of aliphatic hydroxyl groups is 3. The number of Topliss-reactive ketones (excluding diaryl/α,β-unsaturated/α-hetero) is 2. The van der Waals surface area contributed by atoms with Crippen LogP contribution >= 0.6 is 0 Å². The van der Waals surface area contributed by atoms with Crippen molar-refractivity contribution >= 4 is 29.2 Å². The fourth-order valence-electron chi connectivity index (χ4n) is 5.91. The maximum Gasteiger partial charge on any atom is 0.338 e. The minimum atomic E-state index is -2.72. The van der Waals surface area contributed by atoms with Crippen LogP contribution in [0.25, 0.3) is 5.76 Å². The summed E-state index contributed by atoms with van der Waals surface area (Å²) in [4.78, 5) is 52.7. The van der Waals surface area contributed by atoms with Crippen molar-refractivity contribution in [3.63, 3.8) is 0 Å². The van der Waals surface area contributed by atoms with Gasteiger partial charge in [0.05, 0.1) is 24.3 Å². The fourth-order valence-corrected chi connectivity index (χ4v) is 5.91. The lowest BCUT2D eigenvalue weighted by molar-refractivity contribution is -0.184. The van der Waals surface area contributed by atoms with E-state index in [1.54, 1.807) is 14.1 Å². The van der Waals surface area contributed by atoms with Gasteiger partial charge in [-0.3, -0.25) is 14.4 Å². The third-order valence-electron chi connectivity index (χ3n) is 7.38. The molecule has 6 atom stereocenters. The van der Waals surface area contributed by atoms with Gasteiger partial charge in [-0.2, -0.15) is 0 Å². The van der Waals surface area contributed by atoms with E-state index in [0.717, 1.165) is 0 Å². The number of ether oxygens (including phenoxy) is 1. The van der Waals surface area contributed by atoms with E-state index in [2.05, 4.69) is 0 Å². The molecule has 6 N–H and O–H groups in total. The van der Waals surface area contributed by atoms with E-state index in [4.69, 9.17) is 10.5 Å². The number of methoxy groups -OCH3 is 1. The molecule has 1 amide bonds. The number of carbonyl (C=O) groups is 4. The molecule has 11 nitrogen and oxygen atoms in total. The van der Waals surface area contributed by atoms with Crippen LogP contribution in [0.5, 0.6) is 5.75 Å². The first-order valence-corrected chi connectivity index (χ1v) is 10.7. The number of rotatable bonds is 3. The molecule has 3 aliphatic carbocycles. The summed E-state index contributed by atoms with van der Waals surface area (Å²) >= 11 is 0. The highest BCUT2D eigenvalue weighted by Crippen LogP contribution is 2.52. The lowest BCUT2D eigenvalue weighted by Gasteiger charge is -2.53. The van der Waals surface area contributed by atoms with Gasteiger partial charge in [-0.15, -0.1) is 0 Å². The summed E-state index contributed by atoms with van der Waals surface area (Å²) in [6.45, 7) is 0. The van der Waals surface area contributed by atoms with E-state index in [1.807, 2.05) is 0 Å². The molecule has 0 saturated heterocycles. The zero-order valence-electron chi connectivity index (χ0n) is 18.8. The van der Waals surface area contributed by atoms with Crippen molar-refractivity contribution in [3.05, 3.63) is 34.4 Å². The van der Waals surface area contributed by atoms with E-state index < -0.39 is 70.5 Å². The van der Waals surface area contributed by atoms with Crippen LogP contribution in [0, 0.1) is 17.8 Å². The number of phenolic OH excluding ortho intramolecular Hbond substituents is 1. The molecule has 3 aliphatic rings. The predicted octanol–water partition coefficient (Wildman–Crippen LogP) is -1.08. The van der Waals surface area contributed by atoms with Crippen molar-refractivity contribution in [2.75, 3.05) is 21.2 Å². The molecule has 1 aromatic rings. The molecule has 182 valence electrons. The summed E-state index contributed by atoms with van der Waals surface area (Å²) in [5, 5.41) is 43.8. The normalized spacial score (nSPS) is 32.7. The van der Waals surface area contributed by atoms with E-state index in [0.29, 0.717) is 0 Å². The van der Waals surface area contributed by atoms with Gasteiger partial charge in [0.15, 0.2) is 11.4 Å². The molecule has 11 heteroatoms. The van der Waals surface area contributed by atoms with Crippen LogP contribution in [0.1, 0.15) is 27.9 Å². The van der Waals surface area contributed by atoms with E-state index in [9.17, 15) is 39.6 Å². The first kappa shape index (κ1) is 23.9. The zero-order valence-corrected chi connectivity index (χ0v) is 18.8. The number of benzene rings is 1. The second-order valence-corrected chi connectivity index (χ2v) is 9.27. The molecule has 0 heterocycles. The minimum absolute atomic E-state index is 0.0234. The topological polar surface area (TPSA) is 188 Å². The van der Waals surface area contributed by atoms with Crippen LogP contribution in [0.2, 0.25) is 0 Å². The van der Waals surface area contributed by atoms with Crippen LogP contribution in [0.3, 0.4) is 0 Å². The van der Waals surface area contributed by atoms with Crippen molar-refractivity contribution in [2.45, 2.75) is 30.6 Å². The number of nitrogens with zero attached hydrogens (tertiary/aromatic N) is 1. The first-order chi connectivity index (χ1) is 15.9. The van der Waals surface area contributed by atoms with Gasteiger partial charge in [0.1, 0.15) is 17.4 Å². The van der Waals surface area contributed by atoms with Gasteiger partial charge >= 0.3 is 5.97 Å². The molecular formula is C23H26N2O9. The third-order valence-corrected chi connectivity index (χ3v) is 7.38. The molecule has 2 fully saturated rings. The Kier molecular flexibility index (Phi) is 5.54. The van der Waals surface area contributed by atoms with Crippen molar-refractivity contribution in [1.29, 1.82) is 0 Å². The number of aliphatic hydroxyl groups excluding tert-OH is 2. The summed E-state index contributed by atoms with van der Waals surface area (Å²) in [7, 11) is 4.32. The van der Waals surface area contributed by atoms with Gasteiger partial charge < -0.3 is 35.8 Å². The highest BCUT2D eigenvalue weighted by Gasteiger charge is 2.67. The molecule has 0 aromatic heterocycles. The Morgan fingerprint density at radius 3 is 2.41 bits per heavy atom. The predicted molar refractivity (Wildman–Crippen MR) is 115 cm³/mol. The molecule has 1 aromatic carbocycles. The Hall–Kier alpha value is -3.28. The van der Waals surface area contributed by atoms with Gasteiger partial charge in [0.25, 0.3) is 0 Å². The smallest absolute Gasteiger partial charge is 0.338 e. The van der Waals surface area contributed by atoms with Gasteiger partial charge in [-0.05, 0) is 50.6 Å². The number of amides is 1. The Balaban J connectivity index is 1.94. The summed E-state index contributed by atoms with van der Waals surface area (Å²) in [5.74, 6) is -9.00. The zero-order chi connectivity index (χ0) is 25.3. The van der Waals surface area contributed by atoms with Crippen LogP contribution in [-0.4, -0.2) is 87.7 Å². The number of likely N-dealkylation sites (N-methyl/N-ethyl adjacent to an activating group) is 1. The highest BCUT2D eigenvalue weighted by atomic mass is 16.5. The monoisotopic (exact) mass is 474 g/mol. The largest absolute Gasteiger partial charge is 0.507 e. The quantitative estimate of drug-likeness (QED) is 0.266. The van der Waals surface area contributed by atoms with Crippen LogP contribution in [0.4, 0.5) is 0 Å². The Bertz CT molecular complexity index is 1160. The van der Waals surface area contributed by atoms with E-state index in [1.165, 1.54) is 24.1 Å². The molecule has 34 heavy (non-hydrogen) atoms. The lowest BCUT2D eigenvalue weighted by atomic mass is 9.54. The van der Waals surface area contributed by atoms with Gasteiger partial charge in [0, 0.05) is 17.5 Å². The first-order valence-electron chi connectivity index (χ1n) is 10.7. The molecule has 0 spiro atoms. The number of hydrogen-bond acceptors (Lipinski definition) is 10. The molecule has 2 saturated carbocycles. The number of primary amides is 1. The molecule has 4 rings (SSSR count). The van der Waals surface area contributed by atoms with Gasteiger partial charge in [-0.1, -0.05) is 0 Å². The van der Waals surface area contributed by atoms with E-state index >= 15 is 0 Å². The average molecular weight is 474 g/mol. The fraction of sp³-hybridized carbons (Fsp3) is 0.478. The number of aromatic hydroxyl groups is 1. The molecule has 0 bridgehead atoms. The number of nitrogens with two attached hydrogens (primary N) is 1. The average Bonchev–Trinajstić information content (AvgIpc) is 2.75. The number of fused-ring (bicyclic) bond motifs is 3. The Labute approximate surface area is 194 Å². The molecular weight excluding hydrogens is 448 g/mol. The van der Waals surface area contributed by atoms with Gasteiger partial charge in [0.2, 0.25) is 11.7 Å². The molecule has 0 radical (unpaired) electrons. The maximum atomic E-state index is 13.7. The Morgan fingerprint density at radius 2 is 1.85 bits per heavy atom. The van der Waals surface area contributed by atoms with Gasteiger partial charge in [-0.25, -0.2) is 4.79 Å². The lowest BCUT2D eigenvalue weighted by Crippen LogP contribution is -2.73. The van der Waals surface area contributed by atoms with Crippen molar-refractivity contribution in [2.24, 2.45) is 23.5 Å². The summed E-state index contributed by atoms with van der Waals surface area (Å²) in [6.07, 6.45) is -1.58. The van der Waals surface area contributed by atoms with Crippen molar-refractivity contribution in [3.8, 4) is 5.75 Å². The summed E-state index contributed by atoms with van der Waals surface area (Å²) < 4.78 is 4.79. The number of ketones is 2. The standard InChI is InChI=1S/C23H26N2O9/c1-25(2)16-11-7-8-6-10-9(22(32)34-3)4-5-12(26)14(10)17(27)13(8)19(29)23(11,33)20(30)15(18(16)28)21(24)31/h4-5,8,11,15-16,18,26-28,33H,6-7H2,1-3H3,(H2,24,31)/t8-,11-,15?,16-,18?,23-/m1/s1. The number of phenols is 1. The maximum absolute atomic E-state index is 13.7. The summed E-state index contributed by atoms with van der Waals surface area (Å²) in [5.41, 5.74) is 2.52. The summed E-state index contributed by atoms with van der Waals surface area (Å²) in [6, 6.07) is 1.52. The van der Waals surface area contributed by atoms with Crippen LogP contribution in [0.15, 0.2) is 17.7 Å². The highest BCUT2D eigenvalue weighted by molar-refractivity contribution is 6.25. The van der Waals surface area contributed by atoms with Crippen LogP contribution in [-0.2, 0) is 25.5 Å². The second-order valence-electron chi connectivity index (χ2n) is 9.27. The third kappa shape index (κ3) is 3.00. The second kappa shape index (κ2) is 7.90.